The maximum atomic E-state index is 13.6. The lowest BCUT2D eigenvalue weighted by Gasteiger charge is -2.36. The maximum Gasteiger partial charge on any atom is 0.416 e. The Morgan fingerprint density at radius 2 is 1.76 bits per heavy atom. The highest BCUT2D eigenvalue weighted by Gasteiger charge is 2.37. The number of hydrogen-bond donors (Lipinski definition) is 1. The molecule has 1 heterocycles. The summed E-state index contributed by atoms with van der Waals surface area (Å²) < 4.78 is 104. The Labute approximate surface area is 214 Å². The summed E-state index contributed by atoms with van der Waals surface area (Å²) in [4.78, 5) is 10.4. The van der Waals surface area contributed by atoms with E-state index in [9.17, 15) is 35.2 Å². The number of carbonyl (C=O) groups is 1. The quantitative estimate of drug-likeness (QED) is 0.352. The summed E-state index contributed by atoms with van der Waals surface area (Å²) in [5.74, 6) is -1.20. The number of anilines is 1. The first-order chi connectivity index (χ1) is 17.8. The predicted octanol–water partition coefficient (Wildman–Crippen LogP) is 5.79. The van der Waals surface area contributed by atoms with Crippen molar-refractivity contribution < 1.29 is 49.7 Å². The molecule has 0 unspecified atom stereocenters. The summed E-state index contributed by atoms with van der Waals surface area (Å²) in [6, 6.07) is 13.3. The molecule has 1 aliphatic rings. The first kappa shape index (κ1) is 27.2. The predicted molar refractivity (Wildman–Crippen MR) is 126 cm³/mol. The normalized spacial score (nSPS) is 15.6. The van der Waals surface area contributed by atoms with Crippen molar-refractivity contribution in [1.29, 1.82) is 0 Å². The third kappa shape index (κ3) is 5.98. The zero-order chi connectivity index (χ0) is 27.7. The molecular weight excluding hydrogens is 537 g/mol. The van der Waals surface area contributed by atoms with Crippen LogP contribution < -0.4 is 13.8 Å². The Bertz CT molecular complexity index is 1440. The number of benzene rings is 3. The van der Waals surface area contributed by atoms with E-state index in [4.69, 9.17) is 9.84 Å². The lowest BCUT2D eigenvalue weighted by molar-refractivity contribution is -0.138. The minimum Gasteiger partial charge on any atom is -0.486 e. The molecule has 202 valence electrons. The Hall–Kier alpha value is -3.87. The molecule has 1 N–H and O–H groups in total. The first-order valence-electron chi connectivity index (χ1n) is 11.1. The molecular formula is C25H20F5NO6S. The van der Waals surface area contributed by atoms with Gasteiger partial charge in [-0.1, -0.05) is 24.3 Å². The number of ether oxygens (including phenoxy) is 2. The number of nitrogens with zero attached hydrogens (tertiary/aromatic N) is 1. The van der Waals surface area contributed by atoms with E-state index in [0.717, 1.165) is 22.5 Å². The SMILES string of the molecule is O=C(O)CC[C@H]1CN(S(=O)(=O)c2cccc(C(F)(F)F)c2)c2cc(-c3cccc(OC(F)F)c3)ccc2O1. The highest BCUT2D eigenvalue weighted by atomic mass is 32.2. The molecule has 0 spiro atoms. The average Bonchev–Trinajstić information content (AvgIpc) is 2.86. The van der Waals surface area contributed by atoms with E-state index in [2.05, 4.69) is 4.74 Å². The molecule has 3 aromatic rings. The number of alkyl halides is 5. The average molecular weight is 557 g/mol. The van der Waals surface area contributed by atoms with Gasteiger partial charge in [0, 0.05) is 6.42 Å². The molecule has 0 saturated carbocycles. The van der Waals surface area contributed by atoms with Gasteiger partial charge in [0.2, 0.25) is 0 Å². The number of rotatable bonds is 8. The van der Waals surface area contributed by atoms with Crippen LogP contribution in [0.3, 0.4) is 0 Å². The van der Waals surface area contributed by atoms with Crippen molar-refractivity contribution in [3.8, 4) is 22.6 Å². The molecule has 0 saturated heterocycles. The summed E-state index contributed by atoms with van der Waals surface area (Å²) in [6.07, 6.45) is -6.06. The van der Waals surface area contributed by atoms with Crippen LogP contribution in [0.4, 0.5) is 27.6 Å². The molecule has 0 fully saturated rings. The summed E-state index contributed by atoms with van der Waals surface area (Å²) in [7, 11) is -4.57. The number of carboxylic acid groups (broad SMARTS) is 1. The molecule has 13 heteroatoms. The second kappa shape index (κ2) is 10.5. The van der Waals surface area contributed by atoms with Gasteiger partial charge in [0.05, 0.1) is 22.7 Å². The van der Waals surface area contributed by atoms with Crippen LogP contribution in [0.1, 0.15) is 18.4 Å². The van der Waals surface area contributed by atoms with Gasteiger partial charge in [0.25, 0.3) is 10.0 Å². The third-order valence-corrected chi connectivity index (χ3v) is 7.49. The molecule has 0 aliphatic carbocycles. The van der Waals surface area contributed by atoms with Gasteiger partial charge in [-0.2, -0.15) is 22.0 Å². The number of sulfonamides is 1. The zero-order valence-corrected chi connectivity index (χ0v) is 20.2. The van der Waals surface area contributed by atoms with Crippen molar-refractivity contribution in [3.63, 3.8) is 0 Å². The number of hydrogen-bond acceptors (Lipinski definition) is 5. The Morgan fingerprint density at radius 3 is 2.45 bits per heavy atom. The standard InChI is InChI=1S/C25H20F5NO6S/c26-24(27)37-18-5-1-3-15(11-18)16-7-9-22-21(12-16)31(14-19(36-22)8-10-23(32)33)38(34,35)20-6-2-4-17(13-20)25(28,29)30/h1-7,9,11-13,19,24H,8,10,14H2,(H,32,33)/t19-/m0/s1. The van der Waals surface area contributed by atoms with Crippen molar-refractivity contribution in [2.24, 2.45) is 0 Å². The molecule has 38 heavy (non-hydrogen) atoms. The molecule has 0 aromatic heterocycles. The lowest BCUT2D eigenvalue weighted by Crippen LogP contribution is -2.43. The van der Waals surface area contributed by atoms with Crippen LogP contribution in [0.15, 0.2) is 71.6 Å². The van der Waals surface area contributed by atoms with Gasteiger partial charge in [-0.15, -0.1) is 0 Å². The summed E-state index contributed by atoms with van der Waals surface area (Å²) >= 11 is 0. The fraction of sp³-hybridized carbons (Fsp3) is 0.240. The van der Waals surface area contributed by atoms with Crippen molar-refractivity contribution in [3.05, 3.63) is 72.3 Å². The fourth-order valence-electron chi connectivity index (χ4n) is 3.97. The van der Waals surface area contributed by atoms with Crippen molar-refractivity contribution >= 4 is 21.7 Å². The molecule has 4 rings (SSSR count). The third-order valence-electron chi connectivity index (χ3n) is 5.71. The summed E-state index contributed by atoms with van der Waals surface area (Å²) in [5.41, 5.74) is -0.374. The Morgan fingerprint density at radius 1 is 1.05 bits per heavy atom. The largest absolute Gasteiger partial charge is 0.486 e. The zero-order valence-electron chi connectivity index (χ0n) is 19.4. The Kier molecular flexibility index (Phi) is 7.49. The topological polar surface area (TPSA) is 93.1 Å². The highest BCUT2D eigenvalue weighted by molar-refractivity contribution is 7.92. The van der Waals surface area contributed by atoms with E-state index in [1.165, 1.54) is 36.4 Å². The van der Waals surface area contributed by atoms with Gasteiger partial charge in [-0.3, -0.25) is 9.10 Å². The van der Waals surface area contributed by atoms with Gasteiger partial charge in [-0.25, -0.2) is 8.42 Å². The Balaban J connectivity index is 1.79. The highest BCUT2D eigenvalue weighted by Crippen LogP contribution is 2.41. The van der Waals surface area contributed by atoms with Gasteiger partial charge in [0.15, 0.2) is 0 Å². The van der Waals surface area contributed by atoms with E-state index < -0.39 is 45.3 Å². The molecule has 0 radical (unpaired) electrons. The molecule has 3 aromatic carbocycles. The van der Waals surface area contributed by atoms with Crippen LogP contribution in [0, 0.1) is 0 Å². The number of halogens is 5. The van der Waals surface area contributed by atoms with Crippen LogP contribution >= 0.6 is 0 Å². The van der Waals surface area contributed by atoms with Crippen LogP contribution in [0.5, 0.6) is 11.5 Å². The van der Waals surface area contributed by atoms with E-state index in [-0.39, 0.29) is 36.6 Å². The van der Waals surface area contributed by atoms with E-state index in [0.29, 0.717) is 17.2 Å². The minimum atomic E-state index is -4.78. The summed E-state index contributed by atoms with van der Waals surface area (Å²) in [6.45, 7) is -3.42. The van der Waals surface area contributed by atoms with Crippen LogP contribution in [-0.4, -0.2) is 38.8 Å². The molecule has 0 bridgehead atoms. The van der Waals surface area contributed by atoms with Gasteiger partial charge < -0.3 is 14.6 Å². The number of aliphatic carboxylic acids is 1. The maximum absolute atomic E-state index is 13.6. The van der Waals surface area contributed by atoms with Crippen molar-refractivity contribution in [1.82, 2.24) is 0 Å². The molecule has 1 aliphatic heterocycles. The van der Waals surface area contributed by atoms with Crippen molar-refractivity contribution in [2.45, 2.75) is 36.6 Å². The molecule has 7 nitrogen and oxygen atoms in total. The smallest absolute Gasteiger partial charge is 0.416 e. The number of fused-ring (bicyclic) bond motifs is 1. The molecule has 1 atom stereocenters. The van der Waals surface area contributed by atoms with Crippen LogP contribution in [0.2, 0.25) is 0 Å². The van der Waals surface area contributed by atoms with Gasteiger partial charge in [-0.05, 0) is 60.0 Å². The van der Waals surface area contributed by atoms with E-state index >= 15 is 0 Å². The fourth-order valence-corrected chi connectivity index (χ4v) is 5.51. The minimum absolute atomic E-state index is 0.00772. The monoisotopic (exact) mass is 557 g/mol. The van der Waals surface area contributed by atoms with Gasteiger partial charge in [0.1, 0.15) is 17.6 Å². The lowest BCUT2D eigenvalue weighted by atomic mass is 10.0. The van der Waals surface area contributed by atoms with Crippen LogP contribution in [-0.2, 0) is 21.0 Å². The number of carboxylic acids is 1. The van der Waals surface area contributed by atoms with E-state index in [1.54, 1.807) is 6.07 Å². The van der Waals surface area contributed by atoms with Crippen molar-refractivity contribution in [2.75, 3.05) is 10.8 Å². The molecule has 0 amide bonds. The van der Waals surface area contributed by atoms with Crippen LogP contribution in [0.25, 0.3) is 11.1 Å². The second-order valence-electron chi connectivity index (χ2n) is 8.32. The first-order valence-corrected chi connectivity index (χ1v) is 12.6. The van der Waals surface area contributed by atoms with Gasteiger partial charge >= 0.3 is 18.8 Å². The van der Waals surface area contributed by atoms with E-state index in [1.807, 2.05) is 0 Å². The second-order valence-corrected chi connectivity index (χ2v) is 10.2. The summed E-state index contributed by atoms with van der Waals surface area (Å²) in [5, 5.41) is 9.04.